The average molecular weight is 435 g/mol. The fraction of sp³-hybridized carbons (Fsp3) is 0.150. The predicted octanol–water partition coefficient (Wildman–Crippen LogP) is 4.61. The van der Waals surface area contributed by atoms with Crippen molar-refractivity contribution in [2.75, 3.05) is 4.90 Å². The van der Waals surface area contributed by atoms with Crippen LogP contribution >= 0.6 is 35.4 Å². The number of hydrogen-bond donors (Lipinski definition) is 1. The quantitative estimate of drug-likeness (QED) is 0.433. The van der Waals surface area contributed by atoms with Gasteiger partial charge in [-0.15, -0.1) is 0 Å². The minimum Gasteiger partial charge on any atom is -0.491 e. The van der Waals surface area contributed by atoms with Gasteiger partial charge in [0, 0.05) is 0 Å². The highest BCUT2D eigenvalue weighted by atomic mass is 35.5. The van der Waals surface area contributed by atoms with Crippen LogP contribution < -0.4 is 15.0 Å². The van der Waals surface area contributed by atoms with E-state index in [4.69, 9.17) is 40.2 Å². The van der Waals surface area contributed by atoms with E-state index >= 15 is 0 Å². The molecule has 8 heteroatoms. The second-order valence-electron chi connectivity index (χ2n) is 6.27. The van der Waals surface area contributed by atoms with Crippen LogP contribution in [0, 0.1) is 0 Å². The highest BCUT2D eigenvalue weighted by Gasteiger charge is 2.35. The lowest BCUT2D eigenvalue weighted by atomic mass is 10.1. The van der Waals surface area contributed by atoms with Crippen LogP contribution in [0.1, 0.15) is 19.4 Å². The normalized spacial score (nSPS) is 16.0. The standard InChI is InChI=1S/C20H16Cl2N2O3S/c1-11(2)27-13-8-6-12(7-9-13)10-14-18(25)23-20(28)24(19(14)26)16-5-3-4-15(21)17(16)22/h3-11H,1-2H3,(H,23,25,28)/b14-10+. The number of carbonyl (C=O) groups excluding carboxylic acids is 2. The summed E-state index contributed by atoms with van der Waals surface area (Å²) in [4.78, 5) is 26.5. The molecule has 0 bridgehead atoms. The molecule has 5 nitrogen and oxygen atoms in total. The maximum absolute atomic E-state index is 13.0. The Morgan fingerprint density at radius 3 is 2.43 bits per heavy atom. The van der Waals surface area contributed by atoms with Crippen LogP contribution in [0.5, 0.6) is 5.75 Å². The van der Waals surface area contributed by atoms with Crippen molar-refractivity contribution in [3.05, 3.63) is 63.6 Å². The van der Waals surface area contributed by atoms with E-state index < -0.39 is 11.8 Å². The van der Waals surface area contributed by atoms with E-state index in [-0.39, 0.29) is 26.8 Å². The van der Waals surface area contributed by atoms with E-state index in [1.165, 1.54) is 6.08 Å². The fourth-order valence-electron chi connectivity index (χ4n) is 2.62. The lowest BCUT2D eigenvalue weighted by Crippen LogP contribution is -2.54. The number of carbonyl (C=O) groups is 2. The van der Waals surface area contributed by atoms with Crippen LogP contribution in [0.4, 0.5) is 5.69 Å². The van der Waals surface area contributed by atoms with Crippen molar-refractivity contribution in [2.45, 2.75) is 20.0 Å². The van der Waals surface area contributed by atoms with Gasteiger partial charge in [0.15, 0.2) is 5.11 Å². The number of ether oxygens (including phenoxy) is 1. The largest absolute Gasteiger partial charge is 0.491 e. The number of hydrogen-bond acceptors (Lipinski definition) is 4. The van der Waals surface area contributed by atoms with Gasteiger partial charge in [-0.2, -0.15) is 0 Å². The van der Waals surface area contributed by atoms with Crippen molar-refractivity contribution in [3.8, 4) is 5.75 Å². The van der Waals surface area contributed by atoms with Gasteiger partial charge < -0.3 is 4.74 Å². The summed E-state index contributed by atoms with van der Waals surface area (Å²) in [5.74, 6) is -0.461. The number of nitrogens with zero attached hydrogens (tertiary/aromatic N) is 1. The van der Waals surface area contributed by atoms with Gasteiger partial charge in [0.25, 0.3) is 11.8 Å². The minimum atomic E-state index is -0.583. The zero-order valence-electron chi connectivity index (χ0n) is 15.0. The molecule has 144 valence electrons. The molecule has 0 atom stereocenters. The number of thiocarbonyl (C=S) groups is 1. The van der Waals surface area contributed by atoms with E-state index in [1.54, 1.807) is 42.5 Å². The maximum Gasteiger partial charge on any atom is 0.270 e. The third-order valence-electron chi connectivity index (χ3n) is 3.84. The second-order valence-corrected chi connectivity index (χ2v) is 7.44. The molecule has 2 aromatic carbocycles. The number of nitrogens with one attached hydrogen (secondary N) is 1. The summed E-state index contributed by atoms with van der Waals surface area (Å²) in [6, 6.07) is 11.9. The minimum absolute atomic E-state index is 0.0481. The molecule has 1 saturated heterocycles. The molecular formula is C20H16Cl2N2O3S. The molecule has 1 N–H and O–H groups in total. The van der Waals surface area contributed by atoms with Crippen molar-refractivity contribution in [1.82, 2.24) is 5.32 Å². The van der Waals surface area contributed by atoms with Crippen molar-refractivity contribution >= 4 is 64.1 Å². The average Bonchev–Trinajstić information content (AvgIpc) is 2.63. The van der Waals surface area contributed by atoms with Crippen LogP contribution in [-0.4, -0.2) is 23.0 Å². The first-order valence-electron chi connectivity index (χ1n) is 8.40. The summed E-state index contributed by atoms with van der Waals surface area (Å²) < 4.78 is 5.60. The zero-order chi connectivity index (χ0) is 20.4. The Morgan fingerprint density at radius 2 is 1.79 bits per heavy atom. The molecule has 2 amide bonds. The Labute approximate surface area is 177 Å². The van der Waals surface area contributed by atoms with Gasteiger partial charge >= 0.3 is 0 Å². The monoisotopic (exact) mass is 434 g/mol. The van der Waals surface area contributed by atoms with Gasteiger partial charge in [-0.1, -0.05) is 41.4 Å². The first-order valence-corrected chi connectivity index (χ1v) is 9.56. The van der Waals surface area contributed by atoms with Gasteiger partial charge in [-0.3, -0.25) is 19.8 Å². The van der Waals surface area contributed by atoms with E-state index in [9.17, 15) is 9.59 Å². The van der Waals surface area contributed by atoms with Crippen molar-refractivity contribution in [2.24, 2.45) is 0 Å². The number of benzene rings is 2. The van der Waals surface area contributed by atoms with Crippen LogP contribution in [0.15, 0.2) is 48.0 Å². The molecule has 1 fully saturated rings. The smallest absolute Gasteiger partial charge is 0.270 e. The summed E-state index contributed by atoms with van der Waals surface area (Å²) in [5, 5.41) is 2.91. The summed E-state index contributed by atoms with van der Waals surface area (Å²) >= 11 is 17.4. The van der Waals surface area contributed by atoms with Gasteiger partial charge in [0.05, 0.1) is 21.8 Å². The van der Waals surface area contributed by atoms with Crippen LogP contribution in [0.25, 0.3) is 6.08 Å². The molecule has 0 radical (unpaired) electrons. The third-order valence-corrected chi connectivity index (χ3v) is 4.93. The van der Waals surface area contributed by atoms with Crippen LogP contribution in [0.2, 0.25) is 10.0 Å². The Morgan fingerprint density at radius 1 is 1.11 bits per heavy atom. The summed E-state index contributed by atoms with van der Waals surface area (Å²) in [6.07, 6.45) is 1.54. The Hall–Kier alpha value is -2.41. The van der Waals surface area contributed by atoms with Crippen molar-refractivity contribution < 1.29 is 14.3 Å². The van der Waals surface area contributed by atoms with Gasteiger partial charge in [0.2, 0.25) is 0 Å². The van der Waals surface area contributed by atoms with Crippen LogP contribution in [0.3, 0.4) is 0 Å². The zero-order valence-corrected chi connectivity index (χ0v) is 17.4. The highest BCUT2D eigenvalue weighted by molar-refractivity contribution is 7.80. The molecule has 2 aromatic rings. The molecule has 0 saturated carbocycles. The lowest BCUT2D eigenvalue weighted by molar-refractivity contribution is -0.122. The molecule has 0 aliphatic carbocycles. The molecule has 1 heterocycles. The van der Waals surface area contributed by atoms with E-state index in [1.807, 2.05) is 13.8 Å². The number of rotatable bonds is 4. The molecular weight excluding hydrogens is 419 g/mol. The third kappa shape index (κ3) is 4.19. The molecule has 1 aliphatic rings. The molecule has 0 spiro atoms. The summed E-state index contributed by atoms with van der Waals surface area (Å²) in [6.45, 7) is 3.86. The van der Waals surface area contributed by atoms with Crippen molar-refractivity contribution in [3.63, 3.8) is 0 Å². The second kappa shape index (κ2) is 8.31. The Balaban J connectivity index is 1.96. The maximum atomic E-state index is 13.0. The number of anilines is 1. The fourth-order valence-corrected chi connectivity index (χ4v) is 3.28. The first kappa shape index (κ1) is 20.3. The molecule has 0 aromatic heterocycles. The highest BCUT2D eigenvalue weighted by Crippen LogP contribution is 2.34. The lowest BCUT2D eigenvalue weighted by Gasteiger charge is -2.29. The van der Waals surface area contributed by atoms with E-state index in [0.29, 0.717) is 17.0 Å². The van der Waals surface area contributed by atoms with Gasteiger partial charge in [-0.25, -0.2) is 0 Å². The topological polar surface area (TPSA) is 58.6 Å². The number of amides is 2. The predicted molar refractivity (Wildman–Crippen MR) is 115 cm³/mol. The van der Waals surface area contributed by atoms with Crippen molar-refractivity contribution in [1.29, 1.82) is 0 Å². The molecule has 3 rings (SSSR count). The molecule has 1 aliphatic heterocycles. The van der Waals surface area contributed by atoms with Crippen LogP contribution in [-0.2, 0) is 9.59 Å². The first-order chi connectivity index (χ1) is 13.3. The Kier molecular flexibility index (Phi) is 6.03. The van der Waals surface area contributed by atoms with E-state index in [2.05, 4.69) is 5.32 Å². The van der Waals surface area contributed by atoms with Gasteiger partial charge in [-0.05, 0) is 62.0 Å². The molecule has 28 heavy (non-hydrogen) atoms. The SMILES string of the molecule is CC(C)Oc1ccc(/C=C2\C(=O)NC(=S)N(c3cccc(Cl)c3Cl)C2=O)cc1. The summed E-state index contributed by atoms with van der Waals surface area (Å²) in [7, 11) is 0. The number of halogens is 2. The summed E-state index contributed by atoms with van der Waals surface area (Å²) in [5.41, 5.74) is 0.900. The Bertz CT molecular complexity index is 987. The van der Waals surface area contributed by atoms with Gasteiger partial charge in [0.1, 0.15) is 11.3 Å². The van der Waals surface area contributed by atoms with E-state index in [0.717, 1.165) is 4.90 Å². The molecule has 0 unspecified atom stereocenters.